The number of amides is 1. The zero-order valence-electron chi connectivity index (χ0n) is 20.5. The molecule has 0 fully saturated rings. The zero-order valence-corrected chi connectivity index (χ0v) is 20.5. The second-order valence-corrected chi connectivity index (χ2v) is 8.96. The van der Waals surface area contributed by atoms with Crippen molar-refractivity contribution in [3.8, 4) is 11.1 Å². The van der Waals surface area contributed by atoms with E-state index in [-0.39, 0.29) is 24.1 Å². The van der Waals surface area contributed by atoms with Crippen molar-refractivity contribution < 1.29 is 19.4 Å². The summed E-state index contributed by atoms with van der Waals surface area (Å²) in [4.78, 5) is 23.9. The molecule has 3 atom stereocenters. The summed E-state index contributed by atoms with van der Waals surface area (Å²) in [6.07, 6.45) is 3.11. The Kier molecular flexibility index (Phi) is 9.02. The third-order valence-corrected chi connectivity index (χ3v) is 6.50. The van der Waals surface area contributed by atoms with Crippen molar-refractivity contribution in [3.05, 3.63) is 71.3 Å². The third-order valence-electron chi connectivity index (χ3n) is 6.50. The number of aryl methyl sites for hydroxylation is 1. The average molecular weight is 465 g/mol. The number of rotatable bonds is 10. The van der Waals surface area contributed by atoms with Crippen LogP contribution < -0.4 is 10.6 Å². The normalized spacial score (nSPS) is 20.1. The largest absolute Gasteiger partial charge is 0.478 e. The Morgan fingerprint density at radius 2 is 1.79 bits per heavy atom. The number of carboxylic acids is 1. The Morgan fingerprint density at radius 3 is 2.38 bits per heavy atom. The quantitative estimate of drug-likeness (QED) is 0.478. The van der Waals surface area contributed by atoms with Gasteiger partial charge in [0.15, 0.2) is 0 Å². The number of benzene rings is 2. The van der Waals surface area contributed by atoms with Crippen molar-refractivity contribution in [2.75, 3.05) is 0 Å². The first-order chi connectivity index (χ1) is 16.3. The molecule has 0 aliphatic heterocycles. The van der Waals surface area contributed by atoms with E-state index in [1.807, 2.05) is 32.0 Å². The topological polar surface area (TPSA) is 87.7 Å². The maximum atomic E-state index is 12.0. The zero-order chi connectivity index (χ0) is 24.7. The second kappa shape index (κ2) is 12.0. The van der Waals surface area contributed by atoms with Gasteiger partial charge in [0.25, 0.3) is 0 Å². The maximum Gasteiger partial charge on any atom is 0.331 e. The first kappa shape index (κ1) is 25.7. The van der Waals surface area contributed by atoms with Crippen LogP contribution in [0.4, 0.5) is 0 Å². The van der Waals surface area contributed by atoms with Crippen molar-refractivity contribution in [1.82, 2.24) is 10.6 Å². The molecule has 6 nitrogen and oxygen atoms in total. The van der Waals surface area contributed by atoms with Crippen LogP contribution in [0.1, 0.15) is 51.2 Å². The van der Waals surface area contributed by atoms with Crippen LogP contribution >= 0.6 is 0 Å². The van der Waals surface area contributed by atoms with Gasteiger partial charge in [0.05, 0.1) is 18.2 Å². The molecule has 0 radical (unpaired) electrons. The number of aliphatic carboxylic acids is 1. The highest BCUT2D eigenvalue weighted by Crippen LogP contribution is 2.26. The lowest BCUT2D eigenvalue weighted by Gasteiger charge is -2.38. The molecule has 0 unspecified atom stereocenters. The van der Waals surface area contributed by atoms with Crippen molar-refractivity contribution in [3.63, 3.8) is 0 Å². The van der Waals surface area contributed by atoms with E-state index < -0.39 is 12.1 Å². The predicted molar refractivity (Wildman–Crippen MR) is 134 cm³/mol. The van der Waals surface area contributed by atoms with E-state index in [4.69, 9.17) is 4.74 Å². The smallest absolute Gasteiger partial charge is 0.331 e. The molecular weight excluding hydrogens is 428 g/mol. The minimum atomic E-state index is -0.949. The van der Waals surface area contributed by atoms with Gasteiger partial charge in [-0.15, -0.1) is 0 Å². The lowest BCUT2D eigenvalue weighted by Crippen LogP contribution is -2.58. The fourth-order valence-electron chi connectivity index (χ4n) is 4.51. The van der Waals surface area contributed by atoms with Crippen LogP contribution in [0.5, 0.6) is 0 Å². The Hall–Kier alpha value is -2.96. The van der Waals surface area contributed by atoms with Gasteiger partial charge in [-0.1, -0.05) is 62.4 Å². The number of carbonyl (C=O) groups is 2. The molecule has 1 amide bonds. The molecule has 3 N–H and O–H groups in total. The number of hydrogen-bond donors (Lipinski definition) is 3. The minimum absolute atomic E-state index is 0.000853. The van der Waals surface area contributed by atoms with Crippen LogP contribution in [0.15, 0.2) is 60.2 Å². The summed E-state index contributed by atoms with van der Waals surface area (Å²) in [5, 5.41) is 16.3. The summed E-state index contributed by atoms with van der Waals surface area (Å²) >= 11 is 0. The summed E-state index contributed by atoms with van der Waals surface area (Å²) in [6.45, 7) is 8.21. The second-order valence-electron chi connectivity index (χ2n) is 8.96. The monoisotopic (exact) mass is 464 g/mol. The molecule has 2 aromatic carbocycles. The molecule has 0 saturated carbocycles. The number of nitrogens with one attached hydrogen (secondary N) is 2. The lowest BCUT2D eigenvalue weighted by molar-refractivity contribution is -0.133. The summed E-state index contributed by atoms with van der Waals surface area (Å²) in [7, 11) is 0. The molecule has 3 rings (SSSR count). The number of carbonyl (C=O) groups excluding carboxylic acids is 1. The van der Waals surface area contributed by atoms with Crippen LogP contribution in [0.2, 0.25) is 0 Å². The van der Waals surface area contributed by atoms with E-state index in [1.165, 1.54) is 12.5 Å². The fourth-order valence-corrected chi connectivity index (χ4v) is 4.51. The lowest BCUT2D eigenvalue weighted by atomic mass is 9.87. The maximum absolute atomic E-state index is 12.0. The van der Waals surface area contributed by atoms with Crippen LogP contribution in [0.3, 0.4) is 0 Å². The molecule has 0 saturated heterocycles. The summed E-state index contributed by atoms with van der Waals surface area (Å²) in [5.41, 5.74) is 4.92. The van der Waals surface area contributed by atoms with E-state index in [2.05, 4.69) is 47.9 Å². The van der Waals surface area contributed by atoms with Gasteiger partial charge in [-0.2, -0.15) is 0 Å². The van der Waals surface area contributed by atoms with E-state index in [1.54, 1.807) is 6.08 Å². The molecule has 0 spiro atoms. The van der Waals surface area contributed by atoms with Gasteiger partial charge < -0.3 is 20.5 Å². The average Bonchev–Trinajstić information content (AvgIpc) is 2.83. The Bertz CT molecular complexity index is 1010. The molecule has 182 valence electrons. The Balaban J connectivity index is 1.81. The van der Waals surface area contributed by atoms with Crippen molar-refractivity contribution in [1.29, 1.82) is 0 Å². The van der Waals surface area contributed by atoms with Crippen LogP contribution in [-0.4, -0.2) is 41.3 Å². The van der Waals surface area contributed by atoms with Gasteiger partial charge in [0.2, 0.25) is 5.91 Å². The highest BCUT2D eigenvalue weighted by atomic mass is 16.5. The highest BCUT2D eigenvalue weighted by molar-refractivity contribution is 5.87. The Morgan fingerprint density at radius 1 is 1.09 bits per heavy atom. The molecule has 1 aliphatic carbocycles. The van der Waals surface area contributed by atoms with Crippen LogP contribution in [0, 0.1) is 6.92 Å². The molecular formula is C28H36N2O4. The van der Waals surface area contributed by atoms with E-state index in [0.29, 0.717) is 18.5 Å². The highest BCUT2D eigenvalue weighted by Gasteiger charge is 2.37. The summed E-state index contributed by atoms with van der Waals surface area (Å²) in [5.74, 6) is -1.11. The first-order valence-electron chi connectivity index (χ1n) is 12.1. The number of carboxylic acid groups (broad SMARTS) is 1. The number of hydrogen-bond acceptors (Lipinski definition) is 4. The standard InChI is InChI=1S/C28H36N2O4/c1-5-24(6-2)34-26-16-23(28(32)33)15-25(27(26)30-19(4)31)29-17-22-13-12-21(14-18(22)3)20-10-8-7-9-11-20/h7-14,16,24-27,29H,5-6,15,17H2,1-4H3,(H,30,31)(H,32,33)/t25-,26+,27+/m0/s1. The number of ether oxygens (including phenoxy) is 1. The predicted octanol–water partition coefficient (Wildman–Crippen LogP) is 4.61. The SMILES string of the molecule is CCC(CC)O[C@@H]1C=C(C(=O)O)C[C@H](NCc2ccc(-c3ccccc3)cc2C)[C@H]1NC(C)=O. The summed E-state index contributed by atoms with van der Waals surface area (Å²) < 4.78 is 6.26. The van der Waals surface area contributed by atoms with Gasteiger partial charge in [0, 0.05) is 25.1 Å². The summed E-state index contributed by atoms with van der Waals surface area (Å²) in [6, 6.07) is 16.0. The van der Waals surface area contributed by atoms with Gasteiger partial charge in [-0.05, 0) is 54.5 Å². The molecule has 1 aliphatic rings. The molecule has 6 heteroatoms. The van der Waals surface area contributed by atoms with E-state index in [0.717, 1.165) is 29.5 Å². The van der Waals surface area contributed by atoms with Crippen molar-refractivity contribution >= 4 is 11.9 Å². The van der Waals surface area contributed by atoms with Crippen molar-refractivity contribution in [2.45, 2.75) is 77.8 Å². The Labute approximate surface area is 202 Å². The fraction of sp³-hybridized carbons (Fsp3) is 0.429. The van der Waals surface area contributed by atoms with Gasteiger partial charge in [-0.3, -0.25) is 4.79 Å². The molecule has 0 heterocycles. The third kappa shape index (κ3) is 6.55. The minimum Gasteiger partial charge on any atom is -0.478 e. The molecule has 2 aromatic rings. The van der Waals surface area contributed by atoms with Crippen LogP contribution in [0.25, 0.3) is 11.1 Å². The first-order valence-corrected chi connectivity index (χ1v) is 12.1. The molecule has 0 aromatic heterocycles. The molecule has 34 heavy (non-hydrogen) atoms. The van der Waals surface area contributed by atoms with Gasteiger partial charge in [-0.25, -0.2) is 4.79 Å². The van der Waals surface area contributed by atoms with E-state index in [9.17, 15) is 14.7 Å². The van der Waals surface area contributed by atoms with Gasteiger partial charge >= 0.3 is 5.97 Å². The van der Waals surface area contributed by atoms with Crippen LogP contribution in [-0.2, 0) is 20.9 Å². The van der Waals surface area contributed by atoms with E-state index >= 15 is 0 Å². The van der Waals surface area contributed by atoms with Crippen molar-refractivity contribution in [2.24, 2.45) is 0 Å². The van der Waals surface area contributed by atoms with Gasteiger partial charge in [0.1, 0.15) is 0 Å². The molecule has 0 bridgehead atoms.